The van der Waals surface area contributed by atoms with E-state index < -0.39 is 23.6 Å². The Bertz CT molecular complexity index is 1410. The number of benzene rings is 3. The first-order valence-electron chi connectivity index (χ1n) is 11.0. The molecule has 1 amide bonds. The molecule has 0 saturated heterocycles. The highest BCUT2D eigenvalue weighted by Crippen LogP contribution is 2.32. The van der Waals surface area contributed by atoms with E-state index in [0.717, 1.165) is 18.4 Å². The predicted molar refractivity (Wildman–Crippen MR) is 124 cm³/mol. The summed E-state index contributed by atoms with van der Waals surface area (Å²) in [5, 5.41) is 14.6. The molecule has 0 aliphatic heterocycles. The molecule has 0 spiro atoms. The standard InChI is InChI=1S/C27H21F2N3O2/c28-21-7-4-8-22(29)26(21)19-12-13-23-20(16-19)24(14-11-17-9-10-17)32(30-23)25(27(33)31-34)15-18-5-2-1-3-6-18/h1-8,12-13,16-17,25,34H,9-10,15H2,(H,31,33). The summed E-state index contributed by atoms with van der Waals surface area (Å²) in [6.45, 7) is 0. The lowest BCUT2D eigenvalue weighted by Gasteiger charge is -2.17. The number of amides is 1. The third-order valence-electron chi connectivity index (χ3n) is 5.90. The molecule has 5 rings (SSSR count). The first-order chi connectivity index (χ1) is 16.5. The number of hydrogen-bond acceptors (Lipinski definition) is 3. The number of nitrogens with one attached hydrogen (secondary N) is 1. The van der Waals surface area contributed by atoms with Gasteiger partial charge in [-0.05, 0) is 54.2 Å². The molecule has 1 aliphatic rings. The molecule has 3 aromatic carbocycles. The normalized spacial score (nSPS) is 13.9. The lowest BCUT2D eigenvalue weighted by atomic mass is 10.0. The third-order valence-corrected chi connectivity index (χ3v) is 5.90. The van der Waals surface area contributed by atoms with Gasteiger partial charge in [-0.3, -0.25) is 10.0 Å². The minimum absolute atomic E-state index is 0.132. The third kappa shape index (κ3) is 4.28. The van der Waals surface area contributed by atoms with Crippen LogP contribution in [0.3, 0.4) is 0 Å². The van der Waals surface area contributed by atoms with E-state index in [0.29, 0.717) is 22.2 Å². The van der Waals surface area contributed by atoms with E-state index in [9.17, 15) is 18.8 Å². The van der Waals surface area contributed by atoms with Gasteiger partial charge in [0.25, 0.3) is 5.91 Å². The quantitative estimate of drug-likeness (QED) is 0.251. The van der Waals surface area contributed by atoms with Crippen LogP contribution in [-0.2, 0) is 11.2 Å². The first kappa shape index (κ1) is 21.8. The van der Waals surface area contributed by atoms with Crippen LogP contribution in [0.4, 0.5) is 8.78 Å². The molecule has 7 heteroatoms. The highest BCUT2D eigenvalue weighted by molar-refractivity contribution is 5.90. The van der Waals surface area contributed by atoms with E-state index in [4.69, 9.17) is 0 Å². The summed E-state index contributed by atoms with van der Waals surface area (Å²) in [6, 6.07) is 17.1. The Morgan fingerprint density at radius 3 is 2.50 bits per heavy atom. The lowest BCUT2D eigenvalue weighted by Crippen LogP contribution is -2.33. The second kappa shape index (κ2) is 9.08. The van der Waals surface area contributed by atoms with Gasteiger partial charge in [0.1, 0.15) is 23.4 Å². The predicted octanol–water partition coefficient (Wildman–Crippen LogP) is 5.03. The topological polar surface area (TPSA) is 67.2 Å². The second-order valence-electron chi connectivity index (χ2n) is 8.35. The molecule has 2 N–H and O–H groups in total. The van der Waals surface area contributed by atoms with E-state index in [1.165, 1.54) is 22.9 Å². The highest BCUT2D eigenvalue weighted by atomic mass is 19.1. The van der Waals surface area contributed by atoms with Crippen LogP contribution < -0.4 is 5.48 Å². The van der Waals surface area contributed by atoms with E-state index in [1.807, 2.05) is 30.3 Å². The summed E-state index contributed by atoms with van der Waals surface area (Å²) >= 11 is 0. The van der Waals surface area contributed by atoms with Crippen LogP contribution in [0.1, 0.15) is 30.1 Å². The van der Waals surface area contributed by atoms with E-state index in [-0.39, 0.29) is 17.9 Å². The van der Waals surface area contributed by atoms with Crippen molar-refractivity contribution in [1.29, 1.82) is 0 Å². The van der Waals surface area contributed by atoms with Crippen molar-refractivity contribution in [2.45, 2.75) is 25.3 Å². The fourth-order valence-corrected chi connectivity index (χ4v) is 3.98. The summed E-state index contributed by atoms with van der Waals surface area (Å²) in [6.07, 6.45) is 2.29. The highest BCUT2D eigenvalue weighted by Gasteiger charge is 2.26. The van der Waals surface area contributed by atoms with Crippen molar-refractivity contribution in [3.05, 3.63) is 89.6 Å². The molecule has 0 radical (unpaired) electrons. The molecule has 1 aliphatic carbocycles. The van der Waals surface area contributed by atoms with Crippen molar-refractivity contribution in [2.24, 2.45) is 5.92 Å². The zero-order chi connectivity index (χ0) is 23.7. The molecular formula is C27H21F2N3O2. The lowest BCUT2D eigenvalue weighted by molar-refractivity contribution is -0.132. The SMILES string of the molecule is O=C(NO)C(Cc1ccccc1)n1nc2ccc(-c3c(F)cccc3F)cc2c1C#CC1CC1. The molecule has 1 aromatic heterocycles. The van der Waals surface area contributed by atoms with Crippen molar-refractivity contribution in [1.82, 2.24) is 15.3 Å². The Balaban J connectivity index is 1.68. The first-order valence-corrected chi connectivity index (χ1v) is 11.0. The van der Waals surface area contributed by atoms with Crippen LogP contribution >= 0.6 is 0 Å². The summed E-state index contributed by atoms with van der Waals surface area (Å²) < 4.78 is 30.4. The van der Waals surface area contributed by atoms with E-state index in [1.54, 1.807) is 23.7 Å². The van der Waals surface area contributed by atoms with Crippen LogP contribution in [0.25, 0.3) is 22.0 Å². The Labute approximate surface area is 195 Å². The Kier molecular flexibility index (Phi) is 5.83. The van der Waals surface area contributed by atoms with Gasteiger partial charge in [0.2, 0.25) is 0 Å². The molecule has 4 aromatic rings. The molecule has 34 heavy (non-hydrogen) atoms. The number of aromatic nitrogens is 2. The Morgan fingerprint density at radius 2 is 1.82 bits per heavy atom. The van der Waals surface area contributed by atoms with Gasteiger partial charge in [0.15, 0.2) is 0 Å². The zero-order valence-electron chi connectivity index (χ0n) is 18.1. The maximum absolute atomic E-state index is 14.5. The van der Waals surface area contributed by atoms with Gasteiger partial charge in [0, 0.05) is 17.7 Å². The maximum Gasteiger partial charge on any atom is 0.268 e. The average Bonchev–Trinajstić information content (AvgIpc) is 3.61. The van der Waals surface area contributed by atoms with Crippen molar-refractivity contribution in [2.75, 3.05) is 0 Å². The van der Waals surface area contributed by atoms with E-state index >= 15 is 0 Å². The number of rotatable bonds is 5. The van der Waals surface area contributed by atoms with Gasteiger partial charge in [-0.2, -0.15) is 5.10 Å². The molecule has 1 fully saturated rings. The number of nitrogens with zero attached hydrogens (tertiary/aromatic N) is 2. The zero-order valence-corrected chi connectivity index (χ0v) is 18.1. The minimum Gasteiger partial charge on any atom is -0.289 e. The van der Waals surface area contributed by atoms with Gasteiger partial charge in [0.05, 0.1) is 11.1 Å². The number of carbonyl (C=O) groups is 1. The average molecular weight is 457 g/mol. The monoisotopic (exact) mass is 457 g/mol. The summed E-state index contributed by atoms with van der Waals surface area (Å²) in [5.41, 5.74) is 3.83. The van der Waals surface area contributed by atoms with Gasteiger partial charge in [-0.1, -0.05) is 48.4 Å². The van der Waals surface area contributed by atoms with Crippen LogP contribution in [0.5, 0.6) is 0 Å². The molecule has 5 nitrogen and oxygen atoms in total. The maximum atomic E-state index is 14.5. The Hall–Kier alpha value is -4.02. The van der Waals surface area contributed by atoms with Crippen LogP contribution in [-0.4, -0.2) is 20.9 Å². The van der Waals surface area contributed by atoms with Crippen molar-refractivity contribution >= 4 is 16.8 Å². The number of hydroxylamine groups is 1. The van der Waals surface area contributed by atoms with Crippen molar-refractivity contribution < 1.29 is 18.8 Å². The van der Waals surface area contributed by atoms with Gasteiger partial charge >= 0.3 is 0 Å². The molecule has 170 valence electrons. The van der Waals surface area contributed by atoms with Gasteiger partial charge < -0.3 is 0 Å². The fourth-order valence-electron chi connectivity index (χ4n) is 3.98. The van der Waals surface area contributed by atoms with E-state index in [2.05, 4.69) is 16.9 Å². The minimum atomic E-state index is -0.878. The van der Waals surface area contributed by atoms with Gasteiger partial charge in [-0.15, -0.1) is 0 Å². The number of carbonyl (C=O) groups excluding carboxylic acids is 1. The van der Waals surface area contributed by atoms with Crippen LogP contribution in [0.15, 0.2) is 66.7 Å². The molecule has 1 atom stereocenters. The molecule has 1 unspecified atom stereocenters. The van der Waals surface area contributed by atoms with Gasteiger partial charge in [-0.25, -0.2) is 18.9 Å². The number of hydrogen-bond donors (Lipinski definition) is 2. The second-order valence-corrected chi connectivity index (χ2v) is 8.35. The molecule has 1 heterocycles. The molecule has 1 saturated carbocycles. The Morgan fingerprint density at radius 1 is 1.09 bits per heavy atom. The largest absolute Gasteiger partial charge is 0.289 e. The number of fused-ring (bicyclic) bond motifs is 1. The number of halogens is 2. The molecular weight excluding hydrogens is 436 g/mol. The summed E-state index contributed by atoms with van der Waals surface area (Å²) in [4.78, 5) is 12.7. The van der Waals surface area contributed by atoms with Crippen molar-refractivity contribution in [3.8, 4) is 23.0 Å². The molecule has 0 bridgehead atoms. The van der Waals surface area contributed by atoms with Crippen LogP contribution in [0.2, 0.25) is 0 Å². The summed E-state index contributed by atoms with van der Waals surface area (Å²) in [7, 11) is 0. The van der Waals surface area contributed by atoms with Crippen LogP contribution in [0, 0.1) is 29.4 Å². The fraction of sp³-hybridized carbons (Fsp3) is 0.185. The summed E-state index contributed by atoms with van der Waals surface area (Å²) in [5.74, 6) is 4.66. The smallest absolute Gasteiger partial charge is 0.268 e. The van der Waals surface area contributed by atoms with Crippen molar-refractivity contribution in [3.63, 3.8) is 0 Å².